The summed E-state index contributed by atoms with van der Waals surface area (Å²) in [7, 11) is 0. The third kappa shape index (κ3) is 6.73. The highest BCUT2D eigenvalue weighted by Crippen LogP contribution is 2.21. The summed E-state index contributed by atoms with van der Waals surface area (Å²) in [5, 5.41) is 0. The van der Waals surface area contributed by atoms with Crippen molar-refractivity contribution in [1.29, 1.82) is 0 Å². The molecule has 136 valence electrons. The van der Waals surface area contributed by atoms with Gasteiger partial charge in [-0.25, -0.2) is 0 Å². The fourth-order valence-electron chi connectivity index (χ4n) is 2.50. The van der Waals surface area contributed by atoms with Crippen LogP contribution in [0.1, 0.15) is 26.5 Å². The van der Waals surface area contributed by atoms with Crippen LogP contribution in [0.4, 0.5) is 0 Å². The second-order valence-electron chi connectivity index (χ2n) is 6.86. The van der Waals surface area contributed by atoms with Gasteiger partial charge in [0.15, 0.2) is 0 Å². The molecule has 0 N–H and O–H groups in total. The van der Waals surface area contributed by atoms with Crippen molar-refractivity contribution in [2.75, 3.05) is 13.1 Å². The largest absolute Gasteiger partial charge is 0.286 e. The highest BCUT2D eigenvalue weighted by Gasteiger charge is 2.15. The zero-order chi connectivity index (χ0) is 18.8. The lowest BCUT2D eigenvalue weighted by Gasteiger charge is -2.22. The van der Waals surface area contributed by atoms with E-state index in [0.717, 1.165) is 30.2 Å². The molecule has 0 spiro atoms. The Kier molecular flexibility index (Phi) is 7.42. The maximum absolute atomic E-state index is 4.60. The van der Waals surface area contributed by atoms with Gasteiger partial charge >= 0.3 is 0 Å². The van der Waals surface area contributed by atoms with E-state index in [4.69, 9.17) is 0 Å². The van der Waals surface area contributed by atoms with Crippen LogP contribution in [0, 0.1) is 5.41 Å². The number of nitrogens with zero attached hydrogens (tertiary/aromatic N) is 4. The molecule has 4 heteroatoms. The smallest absolute Gasteiger partial charge is 0.0544 e. The molecular formula is C22H28N4. The molecule has 0 aliphatic carbocycles. The molecule has 1 aromatic rings. The van der Waals surface area contributed by atoms with Crippen molar-refractivity contribution in [1.82, 2.24) is 9.88 Å². The van der Waals surface area contributed by atoms with E-state index in [0.29, 0.717) is 6.54 Å². The molecule has 0 unspecified atom stereocenters. The first-order valence-corrected chi connectivity index (χ1v) is 8.88. The molecule has 1 aromatic heterocycles. The molecule has 0 aromatic carbocycles. The predicted molar refractivity (Wildman–Crippen MR) is 111 cm³/mol. The maximum Gasteiger partial charge on any atom is 0.0544 e. The van der Waals surface area contributed by atoms with Gasteiger partial charge in [0.25, 0.3) is 0 Å². The molecule has 1 aliphatic rings. The zero-order valence-electron chi connectivity index (χ0n) is 16.0. The van der Waals surface area contributed by atoms with Gasteiger partial charge in [-0.15, -0.1) is 0 Å². The molecule has 2 rings (SSSR count). The summed E-state index contributed by atoms with van der Waals surface area (Å²) < 4.78 is 0. The highest BCUT2D eigenvalue weighted by atomic mass is 15.1. The number of pyridine rings is 1. The summed E-state index contributed by atoms with van der Waals surface area (Å²) in [6, 6.07) is 5.98. The SMILES string of the molecule is C=CC(CN(CC1=NC=CC(C)(C)C=C1)Cc1ccccn1)=N/C=C\C. The molecule has 0 amide bonds. The Bertz CT molecular complexity index is 737. The molecular weight excluding hydrogens is 320 g/mol. The van der Waals surface area contributed by atoms with Gasteiger partial charge in [-0.1, -0.05) is 44.7 Å². The van der Waals surface area contributed by atoms with Crippen LogP contribution in [-0.2, 0) is 6.54 Å². The molecule has 0 atom stereocenters. The first-order chi connectivity index (χ1) is 12.5. The van der Waals surface area contributed by atoms with E-state index in [9.17, 15) is 0 Å². The van der Waals surface area contributed by atoms with Crippen molar-refractivity contribution < 1.29 is 0 Å². The van der Waals surface area contributed by atoms with Crippen LogP contribution in [0.2, 0.25) is 0 Å². The Labute approximate surface area is 157 Å². The number of rotatable bonds is 8. The molecule has 0 radical (unpaired) electrons. The Balaban J connectivity index is 2.18. The van der Waals surface area contributed by atoms with Crippen molar-refractivity contribution in [3.05, 3.63) is 79.4 Å². The third-order valence-electron chi connectivity index (χ3n) is 3.96. The summed E-state index contributed by atoms with van der Waals surface area (Å²) in [6.45, 7) is 12.3. The Morgan fingerprint density at radius 2 is 2.12 bits per heavy atom. The molecule has 4 nitrogen and oxygen atoms in total. The van der Waals surface area contributed by atoms with Gasteiger partial charge in [0.1, 0.15) is 0 Å². The summed E-state index contributed by atoms with van der Waals surface area (Å²) in [4.78, 5) is 15.8. The van der Waals surface area contributed by atoms with E-state index in [1.165, 1.54) is 0 Å². The molecule has 0 bridgehead atoms. The van der Waals surface area contributed by atoms with Gasteiger partial charge < -0.3 is 0 Å². The standard InChI is InChI=1S/C22H28N4/c1-5-13-23-19(6-2)16-26(17-20-9-7-8-14-24-20)18-21-10-11-22(3,4)12-15-25-21/h5-15H,2,16-18H2,1,3-4H3/b13-5-,23-19?. The van der Waals surface area contributed by atoms with Gasteiger partial charge in [0.05, 0.1) is 17.1 Å². The predicted octanol–water partition coefficient (Wildman–Crippen LogP) is 4.59. The molecule has 0 saturated carbocycles. The monoisotopic (exact) mass is 348 g/mol. The summed E-state index contributed by atoms with van der Waals surface area (Å²) in [5.74, 6) is 0. The van der Waals surface area contributed by atoms with E-state index in [1.807, 2.05) is 43.6 Å². The van der Waals surface area contributed by atoms with E-state index in [-0.39, 0.29) is 5.41 Å². The summed E-state index contributed by atoms with van der Waals surface area (Å²) >= 11 is 0. The zero-order valence-corrected chi connectivity index (χ0v) is 16.0. The van der Waals surface area contributed by atoms with Gasteiger partial charge in [0, 0.05) is 43.6 Å². The van der Waals surface area contributed by atoms with Gasteiger partial charge in [-0.2, -0.15) is 0 Å². The van der Waals surface area contributed by atoms with Crippen molar-refractivity contribution in [3.8, 4) is 0 Å². The molecule has 1 aliphatic heterocycles. The second kappa shape index (κ2) is 9.78. The summed E-state index contributed by atoms with van der Waals surface area (Å²) in [6.07, 6.45) is 15.7. The lowest BCUT2D eigenvalue weighted by Crippen LogP contribution is -2.33. The third-order valence-corrected chi connectivity index (χ3v) is 3.96. The van der Waals surface area contributed by atoms with Crippen LogP contribution in [0.25, 0.3) is 0 Å². The Hall–Kier alpha value is -2.59. The quantitative estimate of drug-likeness (QED) is 0.645. The van der Waals surface area contributed by atoms with Crippen molar-refractivity contribution in [2.45, 2.75) is 27.3 Å². The lowest BCUT2D eigenvalue weighted by atomic mass is 9.93. The van der Waals surface area contributed by atoms with Crippen LogP contribution in [0.15, 0.2) is 83.7 Å². The van der Waals surface area contributed by atoms with Crippen LogP contribution in [0.3, 0.4) is 0 Å². The van der Waals surface area contributed by atoms with Crippen LogP contribution in [-0.4, -0.2) is 34.4 Å². The van der Waals surface area contributed by atoms with E-state index in [2.05, 4.69) is 58.5 Å². The van der Waals surface area contributed by atoms with E-state index < -0.39 is 0 Å². The number of aromatic nitrogens is 1. The number of hydrogen-bond acceptors (Lipinski definition) is 4. The van der Waals surface area contributed by atoms with Crippen molar-refractivity contribution >= 4 is 11.4 Å². The average molecular weight is 348 g/mol. The van der Waals surface area contributed by atoms with E-state index >= 15 is 0 Å². The fraction of sp³-hybridized carbons (Fsp3) is 0.318. The number of aliphatic imine (C=N–C) groups is 2. The molecule has 2 heterocycles. The normalized spacial score (nSPS) is 16.8. The molecule has 26 heavy (non-hydrogen) atoms. The van der Waals surface area contributed by atoms with E-state index in [1.54, 1.807) is 12.3 Å². The van der Waals surface area contributed by atoms with Gasteiger partial charge in [-0.3, -0.25) is 19.9 Å². The van der Waals surface area contributed by atoms with Gasteiger partial charge in [-0.05, 0) is 31.2 Å². The summed E-state index contributed by atoms with van der Waals surface area (Å²) in [5.41, 5.74) is 3.00. The Morgan fingerprint density at radius 3 is 2.81 bits per heavy atom. The minimum Gasteiger partial charge on any atom is -0.286 e. The second-order valence-corrected chi connectivity index (χ2v) is 6.86. The Morgan fingerprint density at radius 1 is 1.27 bits per heavy atom. The highest BCUT2D eigenvalue weighted by molar-refractivity contribution is 5.99. The van der Waals surface area contributed by atoms with Crippen molar-refractivity contribution in [2.24, 2.45) is 15.4 Å². The van der Waals surface area contributed by atoms with Gasteiger partial charge in [0.2, 0.25) is 0 Å². The number of hydrogen-bond donors (Lipinski definition) is 0. The van der Waals surface area contributed by atoms with Crippen LogP contribution < -0.4 is 0 Å². The molecule has 0 fully saturated rings. The molecule has 0 saturated heterocycles. The topological polar surface area (TPSA) is 40.9 Å². The lowest BCUT2D eigenvalue weighted by molar-refractivity contribution is 0.343. The first kappa shape index (κ1) is 19.7. The minimum atomic E-state index is 0.0245. The number of allylic oxidation sites excluding steroid dienone is 3. The minimum absolute atomic E-state index is 0.0245. The maximum atomic E-state index is 4.60. The fourth-order valence-corrected chi connectivity index (χ4v) is 2.50. The van der Waals surface area contributed by atoms with Crippen molar-refractivity contribution in [3.63, 3.8) is 0 Å². The van der Waals surface area contributed by atoms with Crippen LogP contribution in [0.5, 0.6) is 0 Å². The first-order valence-electron chi connectivity index (χ1n) is 8.88. The van der Waals surface area contributed by atoms with Crippen LogP contribution >= 0.6 is 0 Å². The average Bonchev–Trinajstić information content (AvgIpc) is 2.80.